The summed E-state index contributed by atoms with van der Waals surface area (Å²) >= 11 is 11.7. The zero-order chi connectivity index (χ0) is 13.7. The number of rotatable bonds is 5. The van der Waals surface area contributed by atoms with Crippen LogP contribution in [0.15, 0.2) is 18.2 Å². The molecule has 0 spiro atoms. The van der Waals surface area contributed by atoms with Crippen molar-refractivity contribution in [3.05, 3.63) is 28.2 Å². The summed E-state index contributed by atoms with van der Waals surface area (Å²) in [5.74, 6) is 0.222. The summed E-state index contributed by atoms with van der Waals surface area (Å²) in [7, 11) is 0. The molecule has 1 rings (SSSR count). The molecule has 108 valence electrons. The van der Waals surface area contributed by atoms with Crippen LogP contribution in [0, 0.1) is 0 Å². The summed E-state index contributed by atoms with van der Waals surface area (Å²) in [6.45, 7) is 3.84. The molecule has 0 aliphatic carbocycles. The molecule has 1 unspecified atom stereocenters. The van der Waals surface area contributed by atoms with Crippen molar-refractivity contribution in [3.63, 3.8) is 0 Å². The minimum Gasteiger partial charge on any atom is -0.481 e. The molecule has 3 N–H and O–H groups in total. The molecule has 7 heteroatoms. The Hall–Kier alpha value is -0.680. The number of nitrogens with one attached hydrogen (secondary N) is 1. The Morgan fingerprint density at radius 2 is 1.84 bits per heavy atom. The van der Waals surface area contributed by atoms with Gasteiger partial charge in [0.05, 0.1) is 0 Å². The molecule has 0 radical (unpaired) electrons. The molecule has 1 amide bonds. The lowest BCUT2D eigenvalue weighted by Crippen LogP contribution is -2.44. The normalized spacial score (nSPS) is 13.1. The first kappa shape index (κ1) is 18.3. The lowest BCUT2D eigenvalue weighted by Gasteiger charge is -2.17. The van der Waals surface area contributed by atoms with E-state index in [1.807, 2.05) is 6.92 Å². The first-order chi connectivity index (χ1) is 8.42. The maximum absolute atomic E-state index is 11.7. The first-order valence-corrected chi connectivity index (χ1v) is 6.31. The Kier molecular flexibility index (Phi) is 8.18. The van der Waals surface area contributed by atoms with E-state index in [1.165, 1.54) is 0 Å². The molecular weight excluding hydrogens is 311 g/mol. The fraction of sp³-hybridized carbons (Fsp3) is 0.417. The maximum Gasteiger partial charge on any atom is 0.261 e. The van der Waals surface area contributed by atoms with Crippen molar-refractivity contribution in [2.75, 3.05) is 6.54 Å². The summed E-state index contributed by atoms with van der Waals surface area (Å²) in [5.41, 5.74) is 5.42. The molecule has 0 bridgehead atoms. The highest BCUT2D eigenvalue weighted by molar-refractivity contribution is 6.34. The number of benzene rings is 1. The third-order valence-electron chi connectivity index (χ3n) is 2.26. The number of halogens is 3. The lowest BCUT2D eigenvalue weighted by atomic mass is 10.3. The van der Waals surface area contributed by atoms with Crippen LogP contribution in [-0.2, 0) is 4.79 Å². The second-order valence-corrected chi connectivity index (χ2v) is 4.88. The Morgan fingerprint density at radius 1 is 1.32 bits per heavy atom. The Morgan fingerprint density at radius 3 is 2.32 bits per heavy atom. The SMILES string of the molecule is CC(Oc1cc(Cl)cc(Cl)c1)C(=O)N[C@@H](C)CN.Cl. The van der Waals surface area contributed by atoms with Gasteiger partial charge in [-0.25, -0.2) is 0 Å². The van der Waals surface area contributed by atoms with Crippen LogP contribution in [0.2, 0.25) is 10.0 Å². The average Bonchev–Trinajstić information content (AvgIpc) is 2.27. The van der Waals surface area contributed by atoms with Crippen molar-refractivity contribution in [3.8, 4) is 5.75 Å². The van der Waals surface area contributed by atoms with E-state index in [2.05, 4.69) is 5.32 Å². The number of hydrogen-bond donors (Lipinski definition) is 2. The van der Waals surface area contributed by atoms with Crippen LogP contribution < -0.4 is 15.8 Å². The molecule has 2 atom stereocenters. The summed E-state index contributed by atoms with van der Waals surface area (Å²) in [6.07, 6.45) is -0.645. The van der Waals surface area contributed by atoms with Gasteiger partial charge in [-0.3, -0.25) is 4.79 Å². The molecule has 1 aromatic carbocycles. The van der Waals surface area contributed by atoms with Crippen molar-refractivity contribution in [2.45, 2.75) is 26.0 Å². The molecule has 0 aromatic heterocycles. The van der Waals surface area contributed by atoms with Crippen LogP contribution in [0.5, 0.6) is 5.75 Å². The first-order valence-electron chi connectivity index (χ1n) is 5.55. The van der Waals surface area contributed by atoms with Gasteiger partial charge in [0.25, 0.3) is 5.91 Å². The summed E-state index contributed by atoms with van der Waals surface area (Å²) < 4.78 is 5.46. The third kappa shape index (κ3) is 6.34. The van der Waals surface area contributed by atoms with Gasteiger partial charge in [0.15, 0.2) is 6.10 Å². The minimum absolute atomic E-state index is 0. The molecule has 0 heterocycles. The largest absolute Gasteiger partial charge is 0.481 e. The van der Waals surface area contributed by atoms with E-state index in [4.69, 9.17) is 33.7 Å². The number of amides is 1. The van der Waals surface area contributed by atoms with Crippen LogP contribution >= 0.6 is 35.6 Å². The van der Waals surface area contributed by atoms with Crippen molar-refractivity contribution in [1.29, 1.82) is 0 Å². The summed E-state index contributed by atoms with van der Waals surface area (Å²) in [4.78, 5) is 11.7. The van der Waals surface area contributed by atoms with Gasteiger partial charge in [-0.05, 0) is 32.0 Å². The molecule has 19 heavy (non-hydrogen) atoms. The highest BCUT2D eigenvalue weighted by Crippen LogP contribution is 2.24. The average molecular weight is 328 g/mol. The fourth-order valence-electron chi connectivity index (χ4n) is 1.27. The van der Waals surface area contributed by atoms with Crippen LogP contribution in [0.3, 0.4) is 0 Å². The van der Waals surface area contributed by atoms with E-state index in [9.17, 15) is 4.79 Å². The van der Waals surface area contributed by atoms with Crippen LogP contribution in [0.4, 0.5) is 0 Å². The minimum atomic E-state index is -0.645. The number of carbonyl (C=O) groups excluding carboxylic acids is 1. The highest BCUT2D eigenvalue weighted by atomic mass is 35.5. The van der Waals surface area contributed by atoms with E-state index in [0.717, 1.165) is 0 Å². The van der Waals surface area contributed by atoms with Gasteiger partial charge in [0.1, 0.15) is 5.75 Å². The Balaban J connectivity index is 0.00000324. The Bertz CT molecular complexity index is 409. The molecule has 0 fully saturated rings. The van der Waals surface area contributed by atoms with Gasteiger partial charge in [0, 0.05) is 22.6 Å². The standard InChI is InChI=1S/C12H16Cl2N2O2.ClH/c1-7(6-15)16-12(17)8(2)18-11-4-9(13)3-10(14)5-11;/h3-5,7-8H,6,15H2,1-2H3,(H,16,17);1H/t7-,8?;/m0./s1. The van der Waals surface area contributed by atoms with E-state index in [0.29, 0.717) is 22.3 Å². The number of carbonyl (C=O) groups is 1. The van der Waals surface area contributed by atoms with Gasteiger partial charge in [-0.15, -0.1) is 12.4 Å². The van der Waals surface area contributed by atoms with E-state index >= 15 is 0 Å². The predicted octanol–water partition coefficient (Wildman–Crippen LogP) is 2.65. The number of ether oxygens (including phenoxy) is 1. The zero-order valence-electron chi connectivity index (χ0n) is 10.7. The van der Waals surface area contributed by atoms with E-state index in [1.54, 1.807) is 25.1 Å². The fourth-order valence-corrected chi connectivity index (χ4v) is 1.78. The predicted molar refractivity (Wildman–Crippen MR) is 80.5 cm³/mol. The van der Waals surface area contributed by atoms with E-state index in [-0.39, 0.29) is 24.4 Å². The van der Waals surface area contributed by atoms with Crippen LogP contribution in [0.1, 0.15) is 13.8 Å². The van der Waals surface area contributed by atoms with Crippen molar-refractivity contribution >= 4 is 41.5 Å². The van der Waals surface area contributed by atoms with Crippen LogP contribution in [-0.4, -0.2) is 24.6 Å². The van der Waals surface area contributed by atoms with Gasteiger partial charge < -0.3 is 15.8 Å². The third-order valence-corrected chi connectivity index (χ3v) is 2.70. The van der Waals surface area contributed by atoms with Crippen molar-refractivity contribution in [1.82, 2.24) is 5.32 Å². The second kappa shape index (κ2) is 8.48. The molecule has 4 nitrogen and oxygen atoms in total. The second-order valence-electron chi connectivity index (χ2n) is 4.01. The van der Waals surface area contributed by atoms with Crippen molar-refractivity contribution in [2.24, 2.45) is 5.73 Å². The summed E-state index contributed by atoms with van der Waals surface area (Å²) in [6, 6.07) is 4.70. The quantitative estimate of drug-likeness (QED) is 0.874. The summed E-state index contributed by atoms with van der Waals surface area (Å²) in [5, 5.41) is 3.64. The molecule has 0 aliphatic heterocycles. The molecule has 0 saturated heterocycles. The number of nitrogens with two attached hydrogens (primary N) is 1. The van der Waals surface area contributed by atoms with Crippen molar-refractivity contribution < 1.29 is 9.53 Å². The molecule has 0 saturated carbocycles. The molecular formula is C12H17Cl3N2O2. The maximum atomic E-state index is 11.7. The van der Waals surface area contributed by atoms with E-state index < -0.39 is 6.10 Å². The number of hydrogen-bond acceptors (Lipinski definition) is 3. The highest BCUT2D eigenvalue weighted by Gasteiger charge is 2.16. The topological polar surface area (TPSA) is 64.3 Å². The zero-order valence-corrected chi connectivity index (χ0v) is 13.0. The van der Waals surface area contributed by atoms with Gasteiger partial charge in [-0.1, -0.05) is 23.2 Å². The molecule has 0 aliphatic rings. The molecule has 1 aromatic rings. The van der Waals surface area contributed by atoms with Gasteiger partial charge >= 0.3 is 0 Å². The lowest BCUT2D eigenvalue weighted by molar-refractivity contribution is -0.127. The Labute approximate surface area is 129 Å². The van der Waals surface area contributed by atoms with Gasteiger partial charge in [0.2, 0.25) is 0 Å². The smallest absolute Gasteiger partial charge is 0.261 e. The monoisotopic (exact) mass is 326 g/mol. The van der Waals surface area contributed by atoms with Crippen LogP contribution in [0.25, 0.3) is 0 Å². The van der Waals surface area contributed by atoms with Gasteiger partial charge in [-0.2, -0.15) is 0 Å².